The van der Waals surface area contributed by atoms with E-state index in [2.05, 4.69) is 33.0 Å². The van der Waals surface area contributed by atoms with Crippen LogP contribution in [-0.2, 0) is 16.1 Å². The molecule has 1 aliphatic rings. The third-order valence-corrected chi connectivity index (χ3v) is 3.91. The highest BCUT2D eigenvalue weighted by molar-refractivity contribution is 9.10. The van der Waals surface area contributed by atoms with Crippen LogP contribution < -0.4 is 0 Å². The van der Waals surface area contributed by atoms with Gasteiger partial charge in [0.25, 0.3) is 0 Å². The molecule has 4 heteroatoms. The zero-order valence-corrected chi connectivity index (χ0v) is 12.9. The molecule has 2 rings (SSSR count). The van der Waals surface area contributed by atoms with E-state index < -0.39 is 0 Å². The molecule has 1 aliphatic heterocycles. The van der Waals surface area contributed by atoms with Crippen LogP contribution >= 0.6 is 15.9 Å². The van der Waals surface area contributed by atoms with Gasteiger partial charge >= 0.3 is 5.97 Å². The fourth-order valence-electron chi connectivity index (χ4n) is 2.55. The summed E-state index contributed by atoms with van der Waals surface area (Å²) in [6.45, 7) is 5.10. The second-order valence-electron chi connectivity index (χ2n) is 4.96. The van der Waals surface area contributed by atoms with E-state index in [-0.39, 0.29) is 11.9 Å². The van der Waals surface area contributed by atoms with Gasteiger partial charge in [0.05, 0.1) is 12.5 Å². The highest BCUT2D eigenvalue weighted by Gasteiger charge is 2.26. The molecule has 0 N–H and O–H groups in total. The lowest BCUT2D eigenvalue weighted by atomic mass is 9.98. The number of hydrogen-bond donors (Lipinski definition) is 0. The maximum absolute atomic E-state index is 11.8. The van der Waals surface area contributed by atoms with Crippen molar-refractivity contribution >= 4 is 21.9 Å². The predicted octanol–water partition coefficient (Wildman–Crippen LogP) is 3.22. The number of carbonyl (C=O) groups is 1. The van der Waals surface area contributed by atoms with E-state index >= 15 is 0 Å². The lowest BCUT2D eigenvalue weighted by Crippen LogP contribution is -2.38. The van der Waals surface area contributed by atoms with Crippen LogP contribution in [-0.4, -0.2) is 30.6 Å². The van der Waals surface area contributed by atoms with Crippen molar-refractivity contribution in [3.8, 4) is 0 Å². The molecule has 1 atom stereocenters. The van der Waals surface area contributed by atoms with Crippen LogP contribution in [0, 0.1) is 5.92 Å². The number of likely N-dealkylation sites (tertiary alicyclic amines) is 1. The number of nitrogens with zero attached hydrogens (tertiary/aromatic N) is 1. The molecule has 1 aromatic rings. The smallest absolute Gasteiger partial charge is 0.310 e. The maximum atomic E-state index is 11.8. The summed E-state index contributed by atoms with van der Waals surface area (Å²) in [7, 11) is 0. The molecule has 104 valence electrons. The molecule has 1 fully saturated rings. The Morgan fingerprint density at radius 2 is 2.37 bits per heavy atom. The molecule has 1 saturated heterocycles. The summed E-state index contributed by atoms with van der Waals surface area (Å²) in [5.41, 5.74) is 1.28. The Morgan fingerprint density at radius 1 is 1.53 bits per heavy atom. The molecule has 0 bridgehead atoms. The minimum atomic E-state index is -0.0403. The summed E-state index contributed by atoms with van der Waals surface area (Å²) in [5, 5.41) is 0. The number of ether oxygens (including phenoxy) is 1. The normalized spacial score (nSPS) is 20.2. The van der Waals surface area contributed by atoms with Crippen molar-refractivity contribution in [1.29, 1.82) is 0 Å². The fourth-order valence-corrected chi connectivity index (χ4v) is 2.99. The van der Waals surface area contributed by atoms with Crippen LogP contribution in [0.3, 0.4) is 0 Å². The van der Waals surface area contributed by atoms with Gasteiger partial charge in [-0.25, -0.2) is 0 Å². The molecule has 19 heavy (non-hydrogen) atoms. The maximum Gasteiger partial charge on any atom is 0.310 e. The average Bonchev–Trinajstić information content (AvgIpc) is 2.39. The minimum Gasteiger partial charge on any atom is -0.466 e. The van der Waals surface area contributed by atoms with Crippen LogP contribution in [0.1, 0.15) is 25.3 Å². The Balaban J connectivity index is 1.92. The Kier molecular flexibility index (Phi) is 5.40. The summed E-state index contributed by atoms with van der Waals surface area (Å²) in [4.78, 5) is 14.1. The number of hydrogen-bond acceptors (Lipinski definition) is 3. The molecule has 1 heterocycles. The van der Waals surface area contributed by atoms with Gasteiger partial charge in [0, 0.05) is 17.6 Å². The van der Waals surface area contributed by atoms with Gasteiger partial charge in [-0.15, -0.1) is 0 Å². The standard InChI is InChI=1S/C15H20BrNO2/c1-2-19-15(18)13-6-4-8-17(11-13)10-12-5-3-7-14(16)9-12/h3,5,7,9,13H,2,4,6,8,10-11H2,1H3/t13-/m0/s1. The van der Waals surface area contributed by atoms with Crippen LogP contribution in [0.5, 0.6) is 0 Å². The monoisotopic (exact) mass is 325 g/mol. The Morgan fingerprint density at radius 3 is 3.11 bits per heavy atom. The van der Waals surface area contributed by atoms with E-state index in [0.29, 0.717) is 6.61 Å². The van der Waals surface area contributed by atoms with Gasteiger partial charge < -0.3 is 4.74 Å². The minimum absolute atomic E-state index is 0.0403. The van der Waals surface area contributed by atoms with Crippen molar-refractivity contribution in [2.75, 3.05) is 19.7 Å². The summed E-state index contributed by atoms with van der Waals surface area (Å²) < 4.78 is 6.23. The van der Waals surface area contributed by atoms with Gasteiger partial charge in [0.15, 0.2) is 0 Å². The Bertz CT molecular complexity index is 436. The van der Waals surface area contributed by atoms with Crippen LogP contribution in [0.25, 0.3) is 0 Å². The van der Waals surface area contributed by atoms with Crippen LogP contribution in [0.4, 0.5) is 0 Å². The van der Waals surface area contributed by atoms with Crippen LogP contribution in [0.2, 0.25) is 0 Å². The molecule has 0 aliphatic carbocycles. The Labute approximate surface area is 123 Å². The van der Waals surface area contributed by atoms with Gasteiger partial charge in [-0.05, 0) is 44.0 Å². The summed E-state index contributed by atoms with van der Waals surface area (Å²) in [6.07, 6.45) is 2.02. The predicted molar refractivity (Wildman–Crippen MR) is 78.8 cm³/mol. The second kappa shape index (κ2) is 7.06. The number of piperidine rings is 1. The molecule has 0 saturated carbocycles. The summed E-state index contributed by atoms with van der Waals surface area (Å²) >= 11 is 3.49. The van der Waals surface area contributed by atoms with E-state index in [1.165, 1.54) is 5.56 Å². The van der Waals surface area contributed by atoms with E-state index in [4.69, 9.17) is 4.74 Å². The van der Waals surface area contributed by atoms with E-state index in [0.717, 1.165) is 36.9 Å². The number of carbonyl (C=O) groups excluding carboxylic acids is 1. The van der Waals surface area contributed by atoms with E-state index in [1.807, 2.05) is 19.1 Å². The third kappa shape index (κ3) is 4.32. The number of esters is 1. The molecule has 0 amide bonds. The first-order valence-electron chi connectivity index (χ1n) is 6.82. The molecular weight excluding hydrogens is 306 g/mol. The quantitative estimate of drug-likeness (QED) is 0.796. The average molecular weight is 326 g/mol. The highest BCUT2D eigenvalue weighted by atomic mass is 79.9. The first-order valence-corrected chi connectivity index (χ1v) is 7.61. The van der Waals surface area contributed by atoms with Gasteiger partial charge in [-0.3, -0.25) is 9.69 Å². The van der Waals surface area contributed by atoms with Crippen molar-refractivity contribution in [1.82, 2.24) is 4.90 Å². The molecule has 0 unspecified atom stereocenters. The van der Waals surface area contributed by atoms with Crippen molar-refractivity contribution < 1.29 is 9.53 Å². The van der Waals surface area contributed by atoms with Crippen molar-refractivity contribution in [2.24, 2.45) is 5.92 Å². The van der Waals surface area contributed by atoms with Crippen LogP contribution in [0.15, 0.2) is 28.7 Å². The topological polar surface area (TPSA) is 29.5 Å². The first-order chi connectivity index (χ1) is 9.19. The molecular formula is C15H20BrNO2. The lowest BCUT2D eigenvalue weighted by molar-refractivity contribution is -0.150. The molecule has 0 spiro atoms. The zero-order chi connectivity index (χ0) is 13.7. The number of halogens is 1. The first kappa shape index (κ1) is 14.5. The van der Waals surface area contributed by atoms with Gasteiger partial charge in [-0.2, -0.15) is 0 Å². The second-order valence-corrected chi connectivity index (χ2v) is 5.87. The van der Waals surface area contributed by atoms with Gasteiger partial charge in [0.2, 0.25) is 0 Å². The fraction of sp³-hybridized carbons (Fsp3) is 0.533. The Hall–Kier alpha value is -0.870. The van der Waals surface area contributed by atoms with E-state index in [9.17, 15) is 4.79 Å². The third-order valence-electron chi connectivity index (χ3n) is 3.42. The highest BCUT2D eigenvalue weighted by Crippen LogP contribution is 2.21. The summed E-state index contributed by atoms with van der Waals surface area (Å²) in [5.74, 6) is 0.00213. The molecule has 0 aromatic heterocycles. The van der Waals surface area contributed by atoms with Crippen molar-refractivity contribution in [2.45, 2.75) is 26.3 Å². The summed E-state index contributed by atoms with van der Waals surface area (Å²) in [6, 6.07) is 8.33. The SMILES string of the molecule is CCOC(=O)[C@H]1CCCN(Cc2cccc(Br)c2)C1. The zero-order valence-electron chi connectivity index (χ0n) is 11.3. The van der Waals surface area contributed by atoms with Crippen molar-refractivity contribution in [3.63, 3.8) is 0 Å². The largest absolute Gasteiger partial charge is 0.466 e. The number of benzene rings is 1. The van der Waals surface area contributed by atoms with Gasteiger partial charge in [-0.1, -0.05) is 28.1 Å². The molecule has 1 aromatic carbocycles. The van der Waals surface area contributed by atoms with E-state index in [1.54, 1.807) is 0 Å². The van der Waals surface area contributed by atoms with Crippen molar-refractivity contribution in [3.05, 3.63) is 34.3 Å². The number of rotatable bonds is 4. The molecule has 3 nitrogen and oxygen atoms in total. The lowest BCUT2D eigenvalue weighted by Gasteiger charge is -2.31. The van der Waals surface area contributed by atoms with Gasteiger partial charge in [0.1, 0.15) is 0 Å². The molecule has 0 radical (unpaired) electrons.